The number of halogens is 1. The first-order valence-electron chi connectivity index (χ1n) is 7.78. The highest BCUT2D eigenvalue weighted by Crippen LogP contribution is 2.13. The molecule has 1 rings (SSSR count). The minimum absolute atomic E-state index is 0.136. The van der Waals surface area contributed by atoms with E-state index in [2.05, 4.69) is 34.8 Å². The van der Waals surface area contributed by atoms with Gasteiger partial charge >= 0.3 is 0 Å². The molecular formula is C17H26INO. The second kappa shape index (κ2) is 11.1. The summed E-state index contributed by atoms with van der Waals surface area (Å²) in [4.78, 5) is 11.8. The molecule has 1 amide bonds. The first kappa shape index (κ1) is 17.5. The Morgan fingerprint density at radius 2 is 1.50 bits per heavy atom. The number of benzene rings is 1. The number of nitrogens with one attached hydrogen (secondary N) is 1. The van der Waals surface area contributed by atoms with Gasteiger partial charge in [0.15, 0.2) is 0 Å². The lowest BCUT2D eigenvalue weighted by molar-refractivity contribution is -0.116. The van der Waals surface area contributed by atoms with Gasteiger partial charge < -0.3 is 5.32 Å². The molecular weight excluding hydrogens is 361 g/mol. The third kappa shape index (κ3) is 8.56. The summed E-state index contributed by atoms with van der Waals surface area (Å²) < 4.78 is 1.18. The maximum Gasteiger partial charge on any atom is 0.224 e. The molecule has 0 saturated heterocycles. The maximum atomic E-state index is 11.8. The molecule has 0 unspecified atom stereocenters. The molecule has 0 aliphatic rings. The molecule has 2 nitrogen and oxygen atoms in total. The van der Waals surface area contributed by atoms with Crippen molar-refractivity contribution in [2.75, 3.05) is 5.32 Å². The standard InChI is InChI=1S/C17H26INO/c1-2-3-4-5-6-7-8-9-10-17(20)19-16-13-11-15(18)12-14-16/h11-14H,2-10H2,1H3,(H,19,20). The zero-order valence-corrected chi connectivity index (χ0v) is 14.6. The van der Waals surface area contributed by atoms with E-state index in [1.807, 2.05) is 24.3 Å². The van der Waals surface area contributed by atoms with Crippen LogP contribution in [0.25, 0.3) is 0 Å². The minimum atomic E-state index is 0.136. The Hall–Kier alpha value is -0.580. The van der Waals surface area contributed by atoms with Gasteiger partial charge in [-0.3, -0.25) is 4.79 Å². The molecule has 0 bridgehead atoms. The second-order valence-corrected chi connectivity index (χ2v) is 6.53. The van der Waals surface area contributed by atoms with E-state index in [1.54, 1.807) is 0 Å². The Morgan fingerprint density at radius 3 is 2.10 bits per heavy atom. The molecule has 1 aromatic rings. The fourth-order valence-corrected chi connectivity index (χ4v) is 2.54. The number of hydrogen-bond donors (Lipinski definition) is 1. The fourth-order valence-electron chi connectivity index (χ4n) is 2.18. The molecule has 20 heavy (non-hydrogen) atoms. The van der Waals surface area contributed by atoms with Gasteiger partial charge in [-0.05, 0) is 53.3 Å². The van der Waals surface area contributed by atoms with Gasteiger partial charge in [0.2, 0.25) is 5.91 Å². The van der Waals surface area contributed by atoms with Gasteiger partial charge in [0.1, 0.15) is 0 Å². The largest absolute Gasteiger partial charge is 0.326 e. The van der Waals surface area contributed by atoms with E-state index in [9.17, 15) is 4.79 Å². The highest BCUT2D eigenvalue weighted by Gasteiger charge is 2.02. The van der Waals surface area contributed by atoms with Crippen LogP contribution >= 0.6 is 22.6 Å². The molecule has 1 N–H and O–H groups in total. The zero-order chi connectivity index (χ0) is 14.6. The number of anilines is 1. The first-order chi connectivity index (χ1) is 9.72. The molecule has 0 saturated carbocycles. The van der Waals surface area contributed by atoms with Crippen LogP contribution in [0.5, 0.6) is 0 Å². The molecule has 112 valence electrons. The van der Waals surface area contributed by atoms with Crippen LogP contribution in [0.15, 0.2) is 24.3 Å². The lowest BCUT2D eigenvalue weighted by Crippen LogP contribution is -2.10. The van der Waals surface area contributed by atoms with E-state index >= 15 is 0 Å². The molecule has 0 aliphatic heterocycles. The van der Waals surface area contributed by atoms with Crippen molar-refractivity contribution >= 4 is 34.2 Å². The molecule has 0 spiro atoms. The number of amides is 1. The topological polar surface area (TPSA) is 29.1 Å². The van der Waals surface area contributed by atoms with E-state index in [-0.39, 0.29) is 5.91 Å². The molecule has 0 atom stereocenters. The van der Waals surface area contributed by atoms with Crippen molar-refractivity contribution in [3.63, 3.8) is 0 Å². The molecule has 0 radical (unpaired) electrons. The second-order valence-electron chi connectivity index (χ2n) is 5.28. The van der Waals surface area contributed by atoms with E-state index in [0.29, 0.717) is 6.42 Å². The summed E-state index contributed by atoms with van der Waals surface area (Å²) in [6.45, 7) is 2.24. The average molecular weight is 387 g/mol. The van der Waals surface area contributed by atoms with Crippen molar-refractivity contribution in [1.29, 1.82) is 0 Å². The SMILES string of the molecule is CCCCCCCCCCC(=O)Nc1ccc(I)cc1. The van der Waals surface area contributed by atoms with Crippen molar-refractivity contribution < 1.29 is 4.79 Å². The molecule has 3 heteroatoms. The summed E-state index contributed by atoms with van der Waals surface area (Å²) in [6.07, 6.45) is 10.8. The zero-order valence-electron chi connectivity index (χ0n) is 12.5. The van der Waals surface area contributed by atoms with Gasteiger partial charge in [-0.1, -0.05) is 51.9 Å². The predicted octanol–water partition coefficient (Wildman–Crippen LogP) is 5.76. The highest BCUT2D eigenvalue weighted by atomic mass is 127. The highest BCUT2D eigenvalue weighted by molar-refractivity contribution is 14.1. The van der Waals surface area contributed by atoms with Crippen LogP contribution in [0.1, 0.15) is 64.7 Å². The van der Waals surface area contributed by atoms with Crippen LogP contribution < -0.4 is 5.32 Å². The lowest BCUT2D eigenvalue weighted by atomic mass is 10.1. The average Bonchev–Trinajstić information content (AvgIpc) is 2.44. The summed E-state index contributed by atoms with van der Waals surface area (Å²) >= 11 is 2.26. The molecule has 1 aromatic carbocycles. The third-order valence-corrected chi connectivity index (χ3v) is 4.10. The van der Waals surface area contributed by atoms with Gasteiger partial charge in [-0.2, -0.15) is 0 Å². The van der Waals surface area contributed by atoms with Gasteiger partial charge in [0, 0.05) is 15.7 Å². The molecule has 0 heterocycles. The monoisotopic (exact) mass is 387 g/mol. The molecule has 0 fully saturated rings. The first-order valence-corrected chi connectivity index (χ1v) is 8.85. The van der Waals surface area contributed by atoms with Crippen molar-refractivity contribution in [3.8, 4) is 0 Å². The van der Waals surface area contributed by atoms with Crippen LogP contribution in [-0.2, 0) is 4.79 Å². The van der Waals surface area contributed by atoms with Crippen LogP contribution in [0.4, 0.5) is 5.69 Å². The predicted molar refractivity (Wildman–Crippen MR) is 95.0 cm³/mol. The number of carbonyl (C=O) groups excluding carboxylic acids is 1. The maximum absolute atomic E-state index is 11.8. The van der Waals surface area contributed by atoms with E-state index in [0.717, 1.165) is 12.1 Å². The van der Waals surface area contributed by atoms with Gasteiger partial charge in [0.25, 0.3) is 0 Å². The summed E-state index contributed by atoms with van der Waals surface area (Å²) in [5.74, 6) is 0.136. The van der Waals surface area contributed by atoms with Crippen LogP contribution in [0, 0.1) is 3.57 Å². The van der Waals surface area contributed by atoms with Gasteiger partial charge in [-0.15, -0.1) is 0 Å². The summed E-state index contributed by atoms with van der Waals surface area (Å²) in [6, 6.07) is 7.92. The summed E-state index contributed by atoms with van der Waals surface area (Å²) in [5.41, 5.74) is 0.898. The Kier molecular flexibility index (Phi) is 9.71. The van der Waals surface area contributed by atoms with Crippen LogP contribution in [0.2, 0.25) is 0 Å². The van der Waals surface area contributed by atoms with E-state index in [1.165, 1.54) is 48.5 Å². The van der Waals surface area contributed by atoms with Crippen molar-refractivity contribution in [2.45, 2.75) is 64.7 Å². The molecule has 0 aliphatic carbocycles. The van der Waals surface area contributed by atoms with Crippen molar-refractivity contribution in [1.82, 2.24) is 0 Å². The minimum Gasteiger partial charge on any atom is -0.326 e. The van der Waals surface area contributed by atoms with Crippen molar-refractivity contribution in [3.05, 3.63) is 27.8 Å². The smallest absolute Gasteiger partial charge is 0.224 e. The normalized spacial score (nSPS) is 10.5. The Balaban J connectivity index is 2.01. The van der Waals surface area contributed by atoms with Crippen molar-refractivity contribution in [2.24, 2.45) is 0 Å². The lowest BCUT2D eigenvalue weighted by Gasteiger charge is -2.05. The van der Waals surface area contributed by atoms with Gasteiger partial charge in [0.05, 0.1) is 0 Å². The Labute approximate surface area is 136 Å². The quantitative estimate of drug-likeness (QED) is 0.401. The van der Waals surface area contributed by atoms with E-state index < -0.39 is 0 Å². The number of hydrogen-bond acceptors (Lipinski definition) is 1. The van der Waals surface area contributed by atoms with Crippen LogP contribution in [-0.4, -0.2) is 5.91 Å². The fraction of sp³-hybridized carbons (Fsp3) is 0.588. The van der Waals surface area contributed by atoms with E-state index in [4.69, 9.17) is 0 Å². The number of unbranched alkanes of at least 4 members (excludes halogenated alkanes) is 7. The van der Waals surface area contributed by atoms with Crippen LogP contribution in [0.3, 0.4) is 0 Å². The third-order valence-electron chi connectivity index (χ3n) is 3.39. The Morgan fingerprint density at radius 1 is 0.950 bits per heavy atom. The summed E-state index contributed by atoms with van der Waals surface area (Å²) in [5, 5.41) is 2.95. The summed E-state index contributed by atoms with van der Waals surface area (Å²) in [7, 11) is 0. The number of rotatable bonds is 10. The van der Waals surface area contributed by atoms with Gasteiger partial charge in [-0.25, -0.2) is 0 Å². The molecule has 0 aromatic heterocycles. The Bertz CT molecular complexity index is 375. The number of carbonyl (C=O) groups is 1.